The fraction of sp³-hybridized carbons (Fsp3) is 0.273. The first-order valence-corrected chi connectivity index (χ1v) is 9.73. The van der Waals surface area contributed by atoms with Crippen LogP contribution in [0.2, 0.25) is 0 Å². The van der Waals surface area contributed by atoms with E-state index in [-0.39, 0.29) is 5.82 Å². The largest absolute Gasteiger partial charge is 0.481 e. The summed E-state index contributed by atoms with van der Waals surface area (Å²) in [4.78, 5) is 11.3. The maximum atomic E-state index is 14.7. The summed E-state index contributed by atoms with van der Waals surface area (Å²) >= 11 is 0. The molecule has 148 valence electrons. The third kappa shape index (κ3) is 3.07. The Morgan fingerprint density at radius 2 is 1.93 bits per heavy atom. The van der Waals surface area contributed by atoms with E-state index in [0.29, 0.717) is 11.5 Å². The fourth-order valence-electron chi connectivity index (χ4n) is 4.04. The highest BCUT2D eigenvalue weighted by Gasteiger charge is 2.18. The van der Waals surface area contributed by atoms with Crippen LogP contribution in [0, 0.1) is 12.7 Å². The SMILES string of the molecule is COc1cc(N2CCNCC2)c2cccc(-c3cc(F)c4nc(C)cn4c3)c2n1. The van der Waals surface area contributed by atoms with E-state index in [1.54, 1.807) is 11.5 Å². The number of nitrogens with one attached hydrogen (secondary N) is 1. The number of fused-ring (bicyclic) bond motifs is 2. The molecule has 1 aliphatic heterocycles. The van der Waals surface area contributed by atoms with Crippen LogP contribution in [-0.2, 0) is 0 Å². The summed E-state index contributed by atoms with van der Waals surface area (Å²) in [5.74, 6) is 0.205. The molecule has 0 amide bonds. The van der Waals surface area contributed by atoms with Crippen molar-refractivity contribution in [2.24, 2.45) is 0 Å². The Balaban J connectivity index is 1.74. The lowest BCUT2D eigenvalue weighted by Gasteiger charge is -2.30. The minimum atomic E-state index is -0.349. The van der Waals surface area contributed by atoms with Crippen LogP contribution in [0.3, 0.4) is 0 Å². The fourth-order valence-corrected chi connectivity index (χ4v) is 4.04. The minimum Gasteiger partial charge on any atom is -0.481 e. The number of aromatic nitrogens is 3. The van der Waals surface area contributed by atoms with E-state index in [1.807, 2.05) is 37.5 Å². The van der Waals surface area contributed by atoms with Gasteiger partial charge < -0.3 is 19.4 Å². The van der Waals surface area contributed by atoms with Gasteiger partial charge in [0.1, 0.15) is 0 Å². The number of benzene rings is 1. The molecular weight excluding hydrogens is 369 g/mol. The number of piperazine rings is 1. The highest BCUT2D eigenvalue weighted by atomic mass is 19.1. The second kappa shape index (κ2) is 7.00. The number of halogens is 1. The van der Waals surface area contributed by atoms with E-state index in [2.05, 4.69) is 21.3 Å². The van der Waals surface area contributed by atoms with Crippen molar-refractivity contribution in [2.45, 2.75) is 6.92 Å². The molecule has 6 nitrogen and oxygen atoms in total. The van der Waals surface area contributed by atoms with E-state index in [9.17, 15) is 4.39 Å². The summed E-state index contributed by atoms with van der Waals surface area (Å²) < 4.78 is 21.9. The normalized spacial score (nSPS) is 14.7. The molecule has 29 heavy (non-hydrogen) atoms. The van der Waals surface area contributed by atoms with Gasteiger partial charge in [-0.15, -0.1) is 0 Å². The molecule has 0 radical (unpaired) electrons. The van der Waals surface area contributed by atoms with Crippen LogP contribution >= 0.6 is 0 Å². The number of aryl methyl sites for hydroxylation is 1. The lowest BCUT2D eigenvalue weighted by molar-refractivity contribution is 0.399. The second-order valence-electron chi connectivity index (χ2n) is 7.31. The second-order valence-corrected chi connectivity index (χ2v) is 7.31. The van der Waals surface area contributed by atoms with E-state index in [4.69, 9.17) is 9.72 Å². The number of nitrogens with zero attached hydrogens (tertiary/aromatic N) is 4. The van der Waals surface area contributed by atoms with Crippen LogP contribution in [0.5, 0.6) is 5.88 Å². The van der Waals surface area contributed by atoms with Crippen molar-refractivity contribution in [1.82, 2.24) is 19.7 Å². The zero-order valence-electron chi connectivity index (χ0n) is 16.4. The maximum absolute atomic E-state index is 14.7. The molecule has 1 fully saturated rings. The summed E-state index contributed by atoms with van der Waals surface area (Å²) in [6, 6.07) is 9.56. The predicted molar refractivity (Wildman–Crippen MR) is 112 cm³/mol. The Morgan fingerprint density at radius 1 is 1.10 bits per heavy atom. The van der Waals surface area contributed by atoms with Crippen molar-refractivity contribution < 1.29 is 9.13 Å². The first-order valence-electron chi connectivity index (χ1n) is 9.73. The Bertz CT molecular complexity index is 1210. The van der Waals surface area contributed by atoms with Crippen molar-refractivity contribution in [3.8, 4) is 17.0 Å². The molecule has 0 spiro atoms. The van der Waals surface area contributed by atoms with Gasteiger partial charge in [0.15, 0.2) is 11.5 Å². The molecule has 4 heterocycles. The number of methoxy groups -OCH3 is 1. The minimum absolute atomic E-state index is 0.332. The Labute approximate surface area is 168 Å². The standard InChI is InChI=1S/C22H22FN5O/c1-14-12-28-13-15(10-18(23)22(28)25-14)16-4-3-5-17-19(27-8-6-24-7-9-27)11-20(29-2)26-21(16)17/h3-5,10-13,24H,6-9H2,1-2H3. The molecule has 0 atom stereocenters. The number of ether oxygens (including phenoxy) is 1. The molecule has 0 aliphatic carbocycles. The van der Waals surface area contributed by atoms with Crippen LogP contribution in [0.4, 0.5) is 10.1 Å². The van der Waals surface area contributed by atoms with Gasteiger partial charge in [-0.2, -0.15) is 0 Å². The highest BCUT2D eigenvalue weighted by molar-refractivity contribution is 6.01. The van der Waals surface area contributed by atoms with Crippen LogP contribution in [-0.4, -0.2) is 47.7 Å². The third-order valence-electron chi connectivity index (χ3n) is 5.40. The average Bonchev–Trinajstić information content (AvgIpc) is 3.14. The third-order valence-corrected chi connectivity index (χ3v) is 5.40. The monoisotopic (exact) mass is 391 g/mol. The number of anilines is 1. The molecule has 1 saturated heterocycles. The summed E-state index contributed by atoms with van der Waals surface area (Å²) in [6.07, 6.45) is 3.73. The molecule has 0 bridgehead atoms. The van der Waals surface area contributed by atoms with Gasteiger partial charge in [-0.3, -0.25) is 0 Å². The molecule has 4 aromatic rings. The summed E-state index contributed by atoms with van der Waals surface area (Å²) in [5, 5.41) is 4.42. The van der Waals surface area contributed by atoms with Gasteiger partial charge in [0, 0.05) is 61.2 Å². The van der Waals surface area contributed by atoms with Gasteiger partial charge >= 0.3 is 0 Å². The van der Waals surface area contributed by atoms with Gasteiger partial charge in [-0.25, -0.2) is 14.4 Å². The van der Waals surface area contributed by atoms with Crippen LogP contribution in [0.1, 0.15) is 5.69 Å². The van der Waals surface area contributed by atoms with Crippen molar-refractivity contribution >= 4 is 22.2 Å². The number of hydrogen-bond donors (Lipinski definition) is 1. The first-order chi connectivity index (χ1) is 14.1. The molecule has 0 saturated carbocycles. The summed E-state index contributed by atoms with van der Waals surface area (Å²) in [6.45, 7) is 5.57. The Morgan fingerprint density at radius 3 is 2.72 bits per heavy atom. The average molecular weight is 391 g/mol. The zero-order chi connectivity index (χ0) is 20.0. The molecule has 1 aromatic carbocycles. The topological polar surface area (TPSA) is 54.7 Å². The lowest BCUT2D eigenvalue weighted by atomic mass is 10.0. The van der Waals surface area contributed by atoms with Crippen LogP contribution in [0.15, 0.2) is 42.7 Å². The molecule has 7 heteroatoms. The van der Waals surface area contributed by atoms with Gasteiger partial charge in [0.2, 0.25) is 5.88 Å². The van der Waals surface area contributed by atoms with Gasteiger partial charge in [-0.1, -0.05) is 18.2 Å². The van der Waals surface area contributed by atoms with Gasteiger partial charge in [-0.05, 0) is 13.0 Å². The van der Waals surface area contributed by atoms with E-state index in [0.717, 1.165) is 59.6 Å². The number of imidazole rings is 1. The molecular formula is C22H22FN5O. The number of rotatable bonds is 3. The summed E-state index contributed by atoms with van der Waals surface area (Å²) in [5.41, 5.74) is 4.62. The summed E-state index contributed by atoms with van der Waals surface area (Å²) in [7, 11) is 1.62. The smallest absolute Gasteiger partial charge is 0.215 e. The van der Waals surface area contributed by atoms with Crippen LogP contribution < -0.4 is 15.0 Å². The molecule has 0 unspecified atom stereocenters. The first kappa shape index (κ1) is 17.9. The Kier molecular flexibility index (Phi) is 4.32. The highest BCUT2D eigenvalue weighted by Crippen LogP contribution is 2.36. The molecule has 1 aliphatic rings. The number of para-hydroxylation sites is 1. The molecule has 5 rings (SSSR count). The van der Waals surface area contributed by atoms with Gasteiger partial charge in [0.25, 0.3) is 0 Å². The van der Waals surface area contributed by atoms with E-state index < -0.39 is 0 Å². The van der Waals surface area contributed by atoms with Crippen molar-refractivity contribution in [3.63, 3.8) is 0 Å². The van der Waals surface area contributed by atoms with Gasteiger partial charge in [0.05, 0.1) is 24.0 Å². The van der Waals surface area contributed by atoms with E-state index >= 15 is 0 Å². The van der Waals surface area contributed by atoms with Crippen molar-refractivity contribution in [3.05, 3.63) is 54.2 Å². The molecule has 3 aromatic heterocycles. The number of pyridine rings is 2. The number of hydrogen-bond acceptors (Lipinski definition) is 5. The zero-order valence-corrected chi connectivity index (χ0v) is 16.4. The van der Waals surface area contributed by atoms with Crippen molar-refractivity contribution in [1.29, 1.82) is 0 Å². The quantitative estimate of drug-likeness (QED) is 0.580. The predicted octanol–water partition coefficient (Wildman–Crippen LogP) is 3.42. The molecule has 1 N–H and O–H groups in total. The lowest BCUT2D eigenvalue weighted by Crippen LogP contribution is -2.43. The van der Waals surface area contributed by atoms with E-state index in [1.165, 1.54) is 6.07 Å². The Hall–Kier alpha value is -3.19. The van der Waals surface area contributed by atoms with Crippen LogP contribution in [0.25, 0.3) is 27.7 Å². The van der Waals surface area contributed by atoms with Crippen molar-refractivity contribution in [2.75, 3.05) is 38.2 Å². The maximum Gasteiger partial charge on any atom is 0.215 e.